The van der Waals surface area contributed by atoms with Crippen LogP contribution in [0.5, 0.6) is 5.75 Å². The van der Waals surface area contributed by atoms with E-state index in [9.17, 15) is 9.59 Å². The van der Waals surface area contributed by atoms with Gasteiger partial charge in [-0.2, -0.15) is 5.10 Å². The van der Waals surface area contributed by atoms with Crippen molar-refractivity contribution >= 4 is 39.5 Å². The van der Waals surface area contributed by atoms with E-state index in [1.165, 1.54) is 7.11 Å². The average molecular weight is 455 g/mol. The molecule has 0 spiro atoms. The molecule has 8 heteroatoms. The lowest BCUT2D eigenvalue weighted by atomic mass is 10.1. The standard InChI is InChI=1S/C26H21N3O5/c1-16-11-12-27-29(16)18-9-7-17(8-10-18)26(31)33-15-25(30)28-21-14-23-20(13-24(21)32-2)19-5-3-4-6-22(19)34-23/h3-14H,15H2,1-2H3,(H,28,30). The summed E-state index contributed by atoms with van der Waals surface area (Å²) in [6.45, 7) is 1.49. The Hall–Kier alpha value is -4.59. The Morgan fingerprint density at radius 1 is 1.00 bits per heavy atom. The number of aryl methyl sites for hydroxylation is 1. The van der Waals surface area contributed by atoms with E-state index >= 15 is 0 Å². The summed E-state index contributed by atoms with van der Waals surface area (Å²) < 4.78 is 18.3. The summed E-state index contributed by atoms with van der Waals surface area (Å²) in [6, 6.07) is 19.9. The second-order valence-electron chi connectivity index (χ2n) is 7.70. The Morgan fingerprint density at radius 3 is 2.53 bits per heavy atom. The van der Waals surface area contributed by atoms with Gasteiger partial charge in [0.1, 0.15) is 16.9 Å². The van der Waals surface area contributed by atoms with Crippen LogP contribution in [0.3, 0.4) is 0 Å². The minimum atomic E-state index is -0.599. The molecular weight excluding hydrogens is 434 g/mol. The zero-order valence-corrected chi connectivity index (χ0v) is 18.6. The average Bonchev–Trinajstić information content (AvgIpc) is 3.44. The number of aromatic nitrogens is 2. The number of anilines is 1. The van der Waals surface area contributed by atoms with E-state index in [0.717, 1.165) is 27.7 Å². The monoisotopic (exact) mass is 455 g/mol. The molecule has 2 heterocycles. The second kappa shape index (κ2) is 8.74. The van der Waals surface area contributed by atoms with Crippen molar-refractivity contribution in [2.24, 2.45) is 0 Å². The molecule has 0 aliphatic rings. The van der Waals surface area contributed by atoms with Crippen molar-refractivity contribution in [2.45, 2.75) is 6.92 Å². The van der Waals surface area contributed by atoms with Crippen molar-refractivity contribution in [3.8, 4) is 11.4 Å². The number of ether oxygens (including phenoxy) is 2. The number of carbonyl (C=O) groups is 2. The topological polar surface area (TPSA) is 95.6 Å². The Morgan fingerprint density at radius 2 is 1.79 bits per heavy atom. The second-order valence-corrected chi connectivity index (χ2v) is 7.70. The van der Waals surface area contributed by atoms with E-state index in [4.69, 9.17) is 13.9 Å². The maximum atomic E-state index is 12.5. The van der Waals surface area contributed by atoms with Crippen molar-refractivity contribution in [1.82, 2.24) is 9.78 Å². The first-order valence-corrected chi connectivity index (χ1v) is 10.6. The maximum Gasteiger partial charge on any atom is 0.338 e. The number of hydrogen-bond acceptors (Lipinski definition) is 6. The lowest BCUT2D eigenvalue weighted by Crippen LogP contribution is -2.21. The number of hydrogen-bond donors (Lipinski definition) is 1. The van der Waals surface area contributed by atoms with Crippen LogP contribution in [0.1, 0.15) is 16.1 Å². The van der Waals surface area contributed by atoms with Gasteiger partial charge in [0.05, 0.1) is 24.0 Å². The molecule has 2 aromatic heterocycles. The lowest BCUT2D eigenvalue weighted by molar-refractivity contribution is -0.119. The van der Waals surface area contributed by atoms with Gasteiger partial charge in [0.2, 0.25) is 0 Å². The van der Waals surface area contributed by atoms with E-state index in [2.05, 4.69) is 10.4 Å². The number of carbonyl (C=O) groups excluding carboxylic acids is 2. The molecule has 0 saturated heterocycles. The normalized spacial score (nSPS) is 11.0. The molecule has 3 aromatic carbocycles. The Kier molecular flexibility index (Phi) is 5.47. The van der Waals surface area contributed by atoms with Crippen LogP contribution >= 0.6 is 0 Å². The zero-order chi connectivity index (χ0) is 23.7. The molecule has 1 N–H and O–H groups in total. The predicted octanol–water partition coefficient (Wildman–Crippen LogP) is 4.88. The smallest absolute Gasteiger partial charge is 0.338 e. The molecule has 5 rings (SSSR count). The molecule has 0 bridgehead atoms. The predicted molar refractivity (Wildman–Crippen MR) is 127 cm³/mol. The molecule has 0 saturated carbocycles. The van der Waals surface area contributed by atoms with Gasteiger partial charge in [0.15, 0.2) is 6.61 Å². The molecule has 0 atom stereocenters. The van der Waals surface area contributed by atoms with Crippen molar-refractivity contribution in [3.05, 3.63) is 84.2 Å². The summed E-state index contributed by atoms with van der Waals surface area (Å²) in [5, 5.41) is 8.80. The van der Waals surface area contributed by atoms with E-state index in [1.54, 1.807) is 41.2 Å². The fourth-order valence-corrected chi connectivity index (χ4v) is 3.80. The van der Waals surface area contributed by atoms with Crippen molar-refractivity contribution in [3.63, 3.8) is 0 Å². The number of furan rings is 1. The third kappa shape index (κ3) is 3.97. The first-order valence-electron chi connectivity index (χ1n) is 10.6. The SMILES string of the molecule is COc1cc2c(cc1NC(=O)COC(=O)c1ccc(-n3nccc3C)cc1)oc1ccccc12. The fourth-order valence-electron chi connectivity index (χ4n) is 3.80. The van der Waals surface area contributed by atoms with E-state index < -0.39 is 18.5 Å². The van der Waals surface area contributed by atoms with Gasteiger partial charge >= 0.3 is 5.97 Å². The quantitative estimate of drug-likeness (QED) is 0.367. The summed E-state index contributed by atoms with van der Waals surface area (Å²) in [4.78, 5) is 24.9. The summed E-state index contributed by atoms with van der Waals surface area (Å²) in [5.41, 5.74) is 3.91. The molecule has 5 aromatic rings. The first-order chi connectivity index (χ1) is 16.5. The molecular formula is C26H21N3O5. The summed E-state index contributed by atoms with van der Waals surface area (Å²) in [6.07, 6.45) is 1.71. The highest BCUT2D eigenvalue weighted by atomic mass is 16.5. The third-order valence-electron chi connectivity index (χ3n) is 5.49. The summed E-state index contributed by atoms with van der Waals surface area (Å²) in [5.74, 6) is -0.618. The number of amides is 1. The minimum Gasteiger partial charge on any atom is -0.495 e. The van der Waals surface area contributed by atoms with Crippen LogP contribution < -0.4 is 10.1 Å². The van der Waals surface area contributed by atoms with Gasteiger partial charge in [0, 0.05) is 28.7 Å². The highest BCUT2D eigenvalue weighted by Crippen LogP contribution is 2.36. The number of esters is 1. The number of fused-ring (bicyclic) bond motifs is 3. The van der Waals surface area contributed by atoms with Crippen molar-refractivity contribution in [1.29, 1.82) is 0 Å². The highest BCUT2D eigenvalue weighted by Gasteiger charge is 2.16. The fraction of sp³-hybridized carbons (Fsp3) is 0.115. The molecule has 170 valence electrons. The number of rotatable bonds is 6. The zero-order valence-electron chi connectivity index (χ0n) is 18.6. The van der Waals surface area contributed by atoms with E-state index in [1.807, 2.05) is 43.3 Å². The van der Waals surface area contributed by atoms with Crippen LogP contribution in [-0.2, 0) is 9.53 Å². The Labute approximate surface area is 194 Å². The molecule has 0 fully saturated rings. The van der Waals surface area contributed by atoms with E-state index in [-0.39, 0.29) is 0 Å². The van der Waals surface area contributed by atoms with Crippen LogP contribution in [0.2, 0.25) is 0 Å². The summed E-state index contributed by atoms with van der Waals surface area (Å²) in [7, 11) is 1.52. The van der Waals surface area contributed by atoms with Gasteiger partial charge < -0.3 is 19.2 Å². The van der Waals surface area contributed by atoms with Gasteiger partial charge in [-0.15, -0.1) is 0 Å². The third-order valence-corrected chi connectivity index (χ3v) is 5.49. The van der Waals surface area contributed by atoms with Gasteiger partial charge in [-0.3, -0.25) is 4.79 Å². The number of para-hydroxylation sites is 1. The molecule has 0 unspecified atom stereocenters. The minimum absolute atomic E-state index is 0.336. The lowest BCUT2D eigenvalue weighted by Gasteiger charge is -2.11. The van der Waals surface area contributed by atoms with Crippen LogP contribution in [-0.4, -0.2) is 35.4 Å². The Balaban J connectivity index is 1.26. The van der Waals surface area contributed by atoms with Crippen molar-refractivity contribution < 1.29 is 23.5 Å². The number of nitrogens with zero attached hydrogens (tertiary/aromatic N) is 2. The van der Waals surface area contributed by atoms with Gasteiger partial charge in [0.25, 0.3) is 5.91 Å². The highest BCUT2D eigenvalue weighted by molar-refractivity contribution is 6.08. The molecule has 34 heavy (non-hydrogen) atoms. The van der Waals surface area contributed by atoms with Gasteiger partial charge in [-0.1, -0.05) is 18.2 Å². The molecule has 0 aliphatic carbocycles. The van der Waals surface area contributed by atoms with Crippen LogP contribution in [0.25, 0.3) is 27.6 Å². The number of benzene rings is 3. The first kappa shape index (κ1) is 21.3. The molecule has 1 amide bonds. The Bertz CT molecular complexity index is 1520. The summed E-state index contributed by atoms with van der Waals surface area (Å²) >= 11 is 0. The van der Waals surface area contributed by atoms with Gasteiger partial charge in [-0.05, 0) is 49.4 Å². The van der Waals surface area contributed by atoms with Gasteiger partial charge in [-0.25, -0.2) is 9.48 Å². The maximum absolute atomic E-state index is 12.5. The van der Waals surface area contributed by atoms with Crippen LogP contribution in [0.15, 0.2) is 77.3 Å². The molecule has 8 nitrogen and oxygen atoms in total. The van der Waals surface area contributed by atoms with Crippen LogP contribution in [0, 0.1) is 6.92 Å². The van der Waals surface area contributed by atoms with Crippen molar-refractivity contribution in [2.75, 3.05) is 19.0 Å². The molecule has 0 aliphatic heterocycles. The molecule has 0 radical (unpaired) electrons. The largest absolute Gasteiger partial charge is 0.495 e. The number of methoxy groups -OCH3 is 1. The van der Waals surface area contributed by atoms with Crippen LogP contribution in [0.4, 0.5) is 5.69 Å². The van der Waals surface area contributed by atoms with E-state index in [0.29, 0.717) is 22.6 Å². The number of nitrogens with one attached hydrogen (secondary N) is 1.